The molecule has 0 unspecified atom stereocenters. The lowest BCUT2D eigenvalue weighted by atomic mass is 10.2. The number of carbonyl (C=O) groups excluding carboxylic acids is 1. The molecule has 20 heavy (non-hydrogen) atoms. The van der Waals surface area contributed by atoms with Gasteiger partial charge in [-0.1, -0.05) is 25.8 Å². The molecule has 0 aliphatic carbocycles. The summed E-state index contributed by atoms with van der Waals surface area (Å²) in [4.78, 5) is 11.9. The van der Waals surface area contributed by atoms with Crippen molar-refractivity contribution in [3.8, 4) is 0 Å². The summed E-state index contributed by atoms with van der Waals surface area (Å²) in [5, 5.41) is 2.82. The lowest BCUT2D eigenvalue weighted by Gasteiger charge is -2.08. The van der Waals surface area contributed by atoms with Gasteiger partial charge in [-0.2, -0.15) is 0 Å². The number of hydrogen-bond acceptors (Lipinski definition) is 3. The third kappa shape index (κ3) is 5.61. The van der Waals surface area contributed by atoms with Crippen molar-refractivity contribution in [3.63, 3.8) is 0 Å². The first-order valence-electron chi connectivity index (χ1n) is 6.87. The van der Waals surface area contributed by atoms with Crippen LogP contribution in [0.3, 0.4) is 0 Å². The number of hydrogen-bond donors (Lipinski definition) is 2. The normalized spacial score (nSPS) is 11.1. The van der Waals surface area contributed by atoms with Gasteiger partial charge in [0.25, 0.3) is 5.91 Å². The summed E-state index contributed by atoms with van der Waals surface area (Å²) in [5.41, 5.74) is 0.867. The van der Waals surface area contributed by atoms with Crippen LogP contribution in [0.5, 0.6) is 0 Å². The lowest BCUT2D eigenvalue weighted by Crippen LogP contribution is -2.24. The molecule has 0 aliphatic rings. The Bertz CT molecular complexity index is 541. The second-order valence-electron chi connectivity index (χ2n) is 4.55. The molecule has 2 N–H and O–H groups in total. The molecular formula is C14H22N2O3S. The third-order valence-corrected chi connectivity index (χ3v) is 4.15. The first kappa shape index (κ1) is 16.5. The maximum Gasteiger partial charge on any atom is 0.251 e. The van der Waals surface area contributed by atoms with Gasteiger partial charge in [0, 0.05) is 17.8 Å². The zero-order valence-electron chi connectivity index (χ0n) is 12.0. The topological polar surface area (TPSA) is 75.3 Å². The average molecular weight is 298 g/mol. The molecule has 0 radical (unpaired) electrons. The van der Waals surface area contributed by atoms with Gasteiger partial charge in [0.05, 0.1) is 5.75 Å². The van der Waals surface area contributed by atoms with Gasteiger partial charge in [0.1, 0.15) is 0 Å². The van der Waals surface area contributed by atoms with E-state index in [2.05, 4.69) is 17.0 Å². The first-order valence-corrected chi connectivity index (χ1v) is 8.52. The zero-order chi connectivity index (χ0) is 15.0. The van der Waals surface area contributed by atoms with Crippen molar-refractivity contribution >= 4 is 21.6 Å². The van der Waals surface area contributed by atoms with Crippen molar-refractivity contribution in [1.29, 1.82) is 0 Å². The molecule has 1 amide bonds. The van der Waals surface area contributed by atoms with Gasteiger partial charge in [-0.25, -0.2) is 8.42 Å². The van der Waals surface area contributed by atoms with Crippen LogP contribution in [-0.4, -0.2) is 26.6 Å². The van der Waals surface area contributed by atoms with Crippen molar-refractivity contribution in [2.45, 2.75) is 33.1 Å². The van der Waals surface area contributed by atoms with E-state index in [-0.39, 0.29) is 11.7 Å². The largest absolute Gasteiger partial charge is 0.352 e. The van der Waals surface area contributed by atoms with E-state index < -0.39 is 10.0 Å². The molecule has 0 spiro atoms. The monoisotopic (exact) mass is 298 g/mol. The predicted molar refractivity (Wildman–Crippen MR) is 81.4 cm³/mol. The second-order valence-corrected chi connectivity index (χ2v) is 6.56. The summed E-state index contributed by atoms with van der Waals surface area (Å²) in [6, 6.07) is 6.50. The van der Waals surface area contributed by atoms with Crippen LogP contribution in [0.4, 0.5) is 5.69 Å². The van der Waals surface area contributed by atoms with E-state index in [0.29, 0.717) is 17.8 Å². The maximum atomic E-state index is 11.9. The van der Waals surface area contributed by atoms with Gasteiger partial charge in [-0.05, 0) is 31.5 Å². The fraction of sp³-hybridized carbons (Fsp3) is 0.500. The van der Waals surface area contributed by atoms with Crippen molar-refractivity contribution in [2.75, 3.05) is 17.0 Å². The molecule has 1 aromatic carbocycles. The van der Waals surface area contributed by atoms with Crippen LogP contribution in [0.15, 0.2) is 24.3 Å². The molecule has 5 nitrogen and oxygen atoms in total. The molecule has 0 saturated carbocycles. The summed E-state index contributed by atoms with van der Waals surface area (Å²) in [5.74, 6) is -0.181. The van der Waals surface area contributed by atoms with Crippen LogP contribution in [-0.2, 0) is 10.0 Å². The van der Waals surface area contributed by atoms with E-state index in [1.54, 1.807) is 31.2 Å². The summed E-state index contributed by atoms with van der Waals surface area (Å²) in [7, 11) is -3.32. The van der Waals surface area contributed by atoms with Crippen LogP contribution in [0.25, 0.3) is 0 Å². The molecule has 0 atom stereocenters. The number of amides is 1. The van der Waals surface area contributed by atoms with E-state index in [1.807, 2.05) is 0 Å². The molecule has 0 saturated heterocycles. The molecule has 112 valence electrons. The number of benzene rings is 1. The Hall–Kier alpha value is -1.56. The highest BCUT2D eigenvalue weighted by Gasteiger charge is 2.09. The number of nitrogens with one attached hydrogen (secondary N) is 2. The van der Waals surface area contributed by atoms with Crippen molar-refractivity contribution < 1.29 is 13.2 Å². The van der Waals surface area contributed by atoms with Crippen LogP contribution in [0.1, 0.15) is 43.5 Å². The number of unbranched alkanes of at least 4 members (excludes halogenated alkanes) is 2. The van der Waals surface area contributed by atoms with E-state index in [4.69, 9.17) is 0 Å². The molecule has 6 heteroatoms. The standard InChI is InChI=1S/C14H22N2O3S/c1-3-5-6-10-15-14(17)12-8-7-9-13(11-12)16-20(18,19)4-2/h7-9,11,16H,3-6,10H2,1-2H3,(H,15,17). The van der Waals surface area contributed by atoms with E-state index >= 15 is 0 Å². The minimum Gasteiger partial charge on any atom is -0.352 e. The maximum absolute atomic E-state index is 11.9. The molecule has 1 aromatic rings. The van der Waals surface area contributed by atoms with Gasteiger partial charge in [-0.15, -0.1) is 0 Å². The summed E-state index contributed by atoms with van der Waals surface area (Å²) < 4.78 is 25.4. The van der Waals surface area contributed by atoms with Crippen molar-refractivity contribution in [1.82, 2.24) is 5.32 Å². The predicted octanol–water partition coefficient (Wildman–Crippen LogP) is 2.37. The van der Waals surface area contributed by atoms with E-state index in [9.17, 15) is 13.2 Å². The van der Waals surface area contributed by atoms with Gasteiger partial charge >= 0.3 is 0 Å². The molecule has 0 aromatic heterocycles. The Labute approximate surface area is 120 Å². The number of sulfonamides is 1. The van der Waals surface area contributed by atoms with Gasteiger partial charge in [0.2, 0.25) is 10.0 Å². The third-order valence-electron chi connectivity index (χ3n) is 2.84. The summed E-state index contributed by atoms with van der Waals surface area (Å²) in [6.07, 6.45) is 3.13. The van der Waals surface area contributed by atoms with Crippen LogP contribution in [0, 0.1) is 0 Å². The smallest absolute Gasteiger partial charge is 0.251 e. The highest BCUT2D eigenvalue weighted by Crippen LogP contribution is 2.12. The van der Waals surface area contributed by atoms with Gasteiger partial charge in [0.15, 0.2) is 0 Å². The molecule has 0 aliphatic heterocycles. The Morgan fingerprint density at radius 3 is 2.60 bits per heavy atom. The summed E-state index contributed by atoms with van der Waals surface area (Å²) >= 11 is 0. The van der Waals surface area contributed by atoms with E-state index in [0.717, 1.165) is 19.3 Å². The Balaban J connectivity index is 2.65. The molecular weight excluding hydrogens is 276 g/mol. The van der Waals surface area contributed by atoms with E-state index in [1.165, 1.54) is 0 Å². The highest BCUT2D eigenvalue weighted by atomic mass is 32.2. The average Bonchev–Trinajstić information content (AvgIpc) is 2.43. The van der Waals surface area contributed by atoms with Crippen LogP contribution >= 0.6 is 0 Å². The zero-order valence-corrected chi connectivity index (χ0v) is 12.8. The SMILES string of the molecule is CCCCCNC(=O)c1cccc(NS(=O)(=O)CC)c1. The second kappa shape index (κ2) is 7.89. The number of rotatable bonds is 8. The molecule has 0 fully saturated rings. The van der Waals surface area contributed by atoms with Gasteiger partial charge in [-0.3, -0.25) is 9.52 Å². The molecule has 1 rings (SSSR count). The number of anilines is 1. The van der Waals surface area contributed by atoms with Crippen molar-refractivity contribution in [3.05, 3.63) is 29.8 Å². The minimum atomic E-state index is -3.32. The number of carbonyl (C=O) groups is 1. The first-order chi connectivity index (χ1) is 9.48. The minimum absolute atomic E-state index is 0.000438. The Kier molecular flexibility index (Phi) is 6.51. The van der Waals surface area contributed by atoms with Crippen molar-refractivity contribution in [2.24, 2.45) is 0 Å². The highest BCUT2D eigenvalue weighted by molar-refractivity contribution is 7.92. The fourth-order valence-corrected chi connectivity index (χ4v) is 2.29. The quantitative estimate of drug-likeness (QED) is 0.723. The summed E-state index contributed by atoms with van der Waals surface area (Å²) in [6.45, 7) is 4.30. The Morgan fingerprint density at radius 2 is 1.95 bits per heavy atom. The van der Waals surface area contributed by atoms with Crippen LogP contribution < -0.4 is 10.0 Å². The molecule has 0 heterocycles. The molecule has 0 bridgehead atoms. The fourth-order valence-electron chi connectivity index (χ4n) is 1.65. The van der Waals surface area contributed by atoms with Gasteiger partial charge < -0.3 is 5.32 Å². The van der Waals surface area contributed by atoms with Crippen LogP contribution in [0.2, 0.25) is 0 Å². The lowest BCUT2D eigenvalue weighted by molar-refractivity contribution is 0.0953. The Morgan fingerprint density at radius 1 is 1.20 bits per heavy atom.